The van der Waals surface area contributed by atoms with E-state index >= 15 is 0 Å². The van der Waals surface area contributed by atoms with Crippen molar-refractivity contribution in [3.8, 4) is 0 Å². The van der Waals surface area contributed by atoms with Gasteiger partial charge in [0.1, 0.15) is 0 Å². The molecule has 0 saturated carbocycles. The van der Waals surface area contributed by atoms with E-state index in [2.05, 4.69) is 4.74 Å². The smallest absolute Gasteiger partial charge is 0.336 e. The number of benzene rings is 1. The summed E-state index contributed by atoms with van der Waals surface area (Å²) in [5, 5.41) is 8.66. The fraction of sp³-hybridized carbons (Fsp3) is 0.300. The molecule has 0 radical (unpaired) electrons. The summed E-state index contributed by atoms with van der Waals surface area (Å²) in [5.41, 5.74) is 0.687. The maximum atomic E-state index is 11.0. The Morgan fingerprint density at radius 3 is 2.50 bits per heavy atom. The zero-order valence-corrected chi connectivity index (χ0v) is 8.44. The molecule has 0 aromatic heterocycles. The van der Waals surface area contributed by atoms with Crippen LogP contribution in [0.5, 0.6) is 0 Å². The molecule has 0 bridgehead atoms. The molecule has 0 heterocycles. The van der Waals surface area contributed by atoms with Gasteiger partial charge >= 0.3 is 5.97 Å². The SMILES string of the molecule is COC(=O)[C@@H](O)[C@@H](Cl)c1ccccc1. The highest BCUT2D eigenvalue weighted by atomic mass is 35.5. The first-order chi connectivity index (χ1) is 6.66. The van der Waals surface area contributed by atoms with Crippen molar-refractivity contribution >= 4 is 17.6 Å². The number of hydrogen-bond acceptors (Lipinski definition) is 3. The van der Waals surface area contributed by atoms with Gasteiger partial charge in [0, 0.05) is 0 Å². The lowest BCUT2D eigenvalue weighted by Crippen LogP contribution is -2.26. The molecule has 2 atom stereocenters. The Balaban J connectivity index is 2.75. The number of carbonyl (C=O) groups excluding carboxylic acids is 1. The molecule has 1 aromatic rings. The predicted octanol–water partition coefficient (Wildman–Crippen LogP) is 1.50. The fourth-order valence-corrected chi connectivity index (χ4v) is 1.31. The molecule has 4 heteroatoms. The van der Waals surface area contributed by atoms with Crippen LogP contribution in [0.1, 0.15) is 10.9 Å². The second-order valence-corrected chi connectivity index (χ2v) is 3.25. The van der Waals surface area contributed by atoms with Gasteiger partial charge in [0.2, 0.25) is 0 Å². The van der Waals surface area contributed by atoms with Crippen LogP contribution in [0.2, 0.25) is 0 Å². The zero-order chi connectivity index (χ0) is 10.6. The van der Waals surface area contributed by atoms with Crippen LogP contribution in [0.15, 0.2) is 30.3 Å². The van der Waals surface area contributed by atoms with Crippen molar-refractivity contribution < 1.29 is 14.6 Å². The first-order valence-corrected chi connectivity index (χ1v) is 4.55. The fourth-order valence-electron chi connectivity index (χ4n) is 1.06. The highest BCUT2D eigenvalue weighted by Gasteiger charge is 2.26. The molecule has 0 unspecified atom stereocenters. The monoisotopic (exact) mass is 214 g/mol. The number of ether oxygens (including phenoxy) is 1. The summed E-state index contributed by atoms with van der Waals surface area (Å²) in [6.45, 7) is 0. The Labute approximate surface area is 87.3 Å². The highest BCUT2D eigenvalue weighted by molar-refractivity contribution is 6.22. The summed E-state index contributed by atoms with van der Waals surface area (Å²) in [4.78, 5) is 11.0. The van der Waals surface area contributed by atoms with Crippen LogP contribution >= 0.6 is 11.6 Å². The number of alkyl halides is 1. The molecule has 0 saturated heterocycles. The molecule has 0 aliphatic carbocycles. The van der Waals surface area contributed by atoms with E-state index in [-0.39, 0.29) is 0 Å². The van der Waals surface area contributed by atoms with Gasteiger partial charge in [0.25, 0.3) is 0 Å². The van der Waals surface area contributed by atoms with Crippen molar-refractivity contribution in [2.24, 2.45) is 0 Å². The number of methoxy groups -OCH3 is 1. The summed E-state index contributed by atoms with van der Waals surface area (Å²) in [6.07, 6.45) is -1.33. The predicted molar refractivity (Wildman–Crippen MR) is 53.1 cm³/mol. The average Bonchev–Trinajstić information content (AvgIpc) is 2.27. The van der Waals surface area contributed by atoms with E-state index in [1.54, 1.807) is 24.3 Å². The molecule has 3 nitrogen and oxygen atoms in total. The van der Waals surface area contributed by atoms with E-state index in [1.165, 1.54) is 7.11 Å². The van der Waals surface area contributed by atoms with E-state index in [9.17, 15) is 9.90 Å². The standard InChI is InChI=1S/C10H11ClO3/c1-14-10(13)9(12)8(11)7-5-3-2-4-6-7/h2-6,8-9,12H,1H3/t8-,9-/m0/s1. The molecule has 0 amide bonds. The normalized spacial score (nSPS) is 14.5. The number of halogens is 1. The van der Waals surface area contributed by atoms with Gasteiger partial charge in [0.05, 0.1) is 12.5 Å². The molecule has 0 spiro atoms. The first kappa shape index (κ1) is 11.0. The van der Waals surface area contributed by atoms with Gasteiger partial charge in [-0.1, -0.05) is 30.3 Å². The third-order valence-corrected chi connectivity index (χ3v) is 2.33. The molecule has 1 rings (SSSR count). The lowest BCUT2D eigenvalue weighted by Gasteiger charge is -2.14. The third kappa shape index (κ3) is 2.47. The summed E-state index contributed by atoms with van der Waals surface area (Å²) in [6, 6.07) is 8.88. The van der Waals surface area contributed by atoms with Crippen molar-refractivity contribution in [2.45, 2.75) is 11.5 Å². The molecular formula is C10H11ClO3. The van der Waals surface area contributed by atoms with Gasteiger partial charge in [-0.3, -0.25) is 0 Å². The van der Waals surface area contributed by atoms with E-state index in [0.717, 1.165) is 0 Å². The molecule has 0 fully saturated rings. The molecule has 14 heavy (non-hydrogen) atoms. The summed E-state index contributed by atoms with van der Waals surface area (Å²) < 4.78 is 4.38. The highest BCUT2D eigenvalue weighted by Crippen LogP contribution is 2.24. The van der Waals surface area contributed by atoms with E-state index in [1.807, 2.05) is 6.07 Å². The zero-order valence-electron chi connectivity index (χ0n) is 7.68. The molecular weight excluding hydrogens is 204 g/mol. The summed E-state index contributed by atoms with van der Waals surface area (Å²) in [7, 11) is 1.21. The number of hydrogen-bond donors (Lipinski definition) is 1. The number of aliphatic hydroxyl groups is 1. The first-order valence-electron chi connectivity index (χ1n) is 4.11. The van der Waals surface area contributed by atoms with Crippen LogP contribution in [0, 0.1) is 0 Å². The summed E-state index contributed by atoms with van der Waals surface area (Å²) in [5.74, 6) is -0.728. The van der Waals surface area contributed by atoms with Crippen molar-refractivity contribution in [1.29, 1.82) is 0 Å². The van der Waals surface area contributed by atoms with Crippen LogP contribution < -0.4 is 0 Å². The maximum Gasteiger partial charge on any atom is 0.336 e. The number of rotatable bonds is 3. The van der Waals surface area contributed by atoms with Crippen LogP contribution in [0.4, 0.5) is 0 Å². The number of carbonyl (C=O) groups is 1. The van der Waals surface area contributed by atoms with E-state index in [4.69, 9.17) is 11.6 Å². The van der Waals surface area contributed by atoms with Gasteiger partial charge in [-0.15, -0.1) is 11.6 Å². The molecule has 1 N–H and O–H groups in total. The van der Waals surface area contributed by atoms with Crippen molar-refractivity contribution in [3.05, 3.63) is 35.9 Å². The van der Waals surface area contributed by atoms with Gasteiger partial charge in [-0.25, -0.2) is 4.79 Å². The van der Waals surface area contributed by atoms with E-state index in [0.29, 0.717) is 5.56 Å². The minimum atomic E-state index is -1.33. The van der Waals surface area contributed by atoms with Crippen LogP contribution in [-0.2, 0) is 9.53 Å². The number of aliphatic hydroxyl groups excluding tert-OH is 1. The maximum absolute atomic E-state index is 11.0. The second-order valence-electron chi connectivity index (χ2n) is 2.78. The van der Waals surface area contributed by atoms with Crippen molar-refractivity contribution in [1.82, 2.24) is 0 Å². The quantitative estimate of drug-likeness (QED) is 0.613. The van der Waals surface area contributed by atoms with Gasteiger partial charge in [-0.05, 0) is 5.56 Å². The van der Waals surface area contributed by atoms with Crippen LogP contribution in [0.25, 0.3) is 0 Å². The Morgan fingerprint density at radius 1 is 1.43 bits per heavy atom. The molecule has 0 aliphatic rings. The summed E-state index contributed by atoms with van der Waals surface area (Å²) >= 11 is 5.88. The topological polar surface area (TPSA) is 46.5 Å². The van der Waals surface area contributed by atoms with Gasteiger partial charge in [-0.2, -0.15) is 0 Å². The Bertz CT molecular complexity index is 299. The Kier molecular flexibility index (Phi) is 3.92. The minimum Gasteiger partial charge on any atom is -0.467 e. The Hall–Kier alpha value is -1.06. The lowest BCUT2D eigenvalue weighted by atomic mass is 10.1. The Morgan fingerprint density at radius 2 is 2.00 bits per heavy atom. The van der Waals surface area contributed by atoms with Gasteiger partial charge < -0.3 is 9.84 Å². The van der Waals surface area contributed by atoms with Crippen LogP contribution in [0.3, 0.4) is 0 Å². The van der Waals surface area contributed by atoms with Crippen LogP contribution in [-0.4, -0.2) is 24.3 Å². The van der Waals surface area contributed by atoms with Crippen molar-refractivity contribution in [2.75, 3.05) is 7.11 Å². The van der Waals surface area contributed by atoms with Gasteiger partial charge in [0.15, 0.2) is 6.10 Å². The lowest BCUT2D eigenvalue weighted by molar-refractivity contribution is -0.150. The molecule has 1 aromatic carbocycles. The largest absolute Gasteiger partial charge is 0.467 e. The van der Waals surface area contributed by atoms with Crippen molar-refractivity contribution in [3.63, 3.8) is 0 Å². The minimum absolute atomic E-state index is 0.687. The average molecular weight is 215 g/mol. The molecule has 76 valence electrons. The number of esters is 1. The van der Waals surface area contributed by atoms with E-state index < -0.39 is 17.5 Å². The second kappa shape index (κ2) is 4.98. The molecule has 0 aliphatic heterocycles. The third-order valence-electron chi connectivity index (χ3n) is 1.84.